The van der Waals surface area contributed by atoms with E-state index >= 15 is 0 Å². The number of halogens is 2. The number of nitrogens with one attached hydrogen (secondary N) is 1. The van der Waals surface area contributed by atoms with E-state index in [1.54, 1.807) is 39.5 Å². The summed E-state index contributed by atoms with van der Waals surface area (Å²) in [7, 11) is 4.81. The monoisotopic (exact) mass is 638 g/mol. The number of aliphatic imine (C=N–C) groups is 2. The molecule has 0 spiro atoms. The minimum absolute atomic E-state index is 0.407. The summed E-state index contributed by atoms with van der Waals surface area (Å²) < 4.78 is 19.1. The van der Waals surface area contributed by atoms with Crippen molar-refractivity contribution in [3.05, 3.63) is 112 Å². The van der Waals surface area contributed by atoms with Gasteiger partial charge in [-0.2, -0.15) is 5.10 Å². The first-order chi connectivity index (χ1) is 21.9. The highest BCUT2D eigenvalue weighted by molar-refractivity contribution is 6.52. The van der Waals surface area contributed by atoms with Crippen LogP contribution < -0.4 is 24.4 Å². The molecule has 1 N–H and O–H groups in total. The second-order valence-electron chi connectivity index (χ2n) is 10.5. The van der Waals surface area contributed by atoms with E-state index in [0.717, 1.165) is 33.9 Å². The molecule has 45 heavy (non-hydrogen) atoms. The van der Waals surface area contributed by atoms with Crippen LogP contribution in [0.3, 0.4) is 0 Å². The number of aryl methyl sites for hydroxylation is 1. The van der Waals surface area contributed by atoms with Crippen LogP contribution in [0.1, 0.15) is 22.9 Å². The van der Waals surface area contributed by atoms with Crippen LogP contribution in [0.15, 0.2) is 94.9 Å². The van der Waals surface area contributed by atoms with Crippen LogP contribution in [0.25, 0.3) is 5.69 Å². The quantitative estimate of drug-likeness (QED) is 0.201. The van der Waals surface area contributed by atoms with E-state index in [1.807, 2.05) is 78.3 Å². The number of hydrogen-bond acceptors (Lipinski definition) is 8. The van der Waals surface area contributed by atoms with Crippen LogP contribution in [0.5, 0.6) is 17.2 Å². The summed E-state index contributed by atoms with van der Waals surface area (Å²) >= 11 is 12.8. The largest absolute Gasteiger partial charge is 0.493 e. The van der Waals surface area contributed by atoms with Crippen molar-refractivity contribution in [2.75, 3.05) is 31.5 Å². The van der Waals surface area contributed by atoms with Crippen LogP contribution in [0.4, 0.5) is 22.9 Å². The Hall–Kier alpha value is -4.99. The van der Waals surface area contributed by atoms with Crippen molar-refractivity contribution in [3.8, 4) is 22.9 Å². The predicted octanol–water partition coefficient (Wildman–Crippen LogP) is 8.31. The molecule has 0 saturated carbocycles. The SMILES string of the molecule is COc1cc([C@H]2c3c(C)nn(-c4ccccc4)c3N=C3C(Nc4cc(Cl)cc(Cl)c4)=Nc4ccccc4N32)cc(OC)c1OC. The Morgan fingerprint density at radius 3 is 2.11 bits per heavy atom. The highest BCUT2D eigenvalue weighted by Gasteiger charge is 2.42. The smallest absolute Gasteiger partial charge is 0.203 e. The Balaban J connectivity index is 1.52. The van der Waals surface area contributed by atoms with Gasteiger partial charge in [-0.25, -0.2) is 14.7 Å². The molecular formula is C34H28Cl2N6O3. The van der Waals surface area contributed by atoms with Crippen molar-refractivity contribution >= 4 is 57.8 Å². The molecule has 4 aromatic carbocycles. The number of amidine groups is 2. The zero-order valence-electron chi connectivity index (χ0n) is 24.9. The number of ether oxygens (including phenoxy) is 3. The summed E-state index contributed by atoms with van der Waals surface area (Å²) in [4.78, 5) is 12.5. The molecule has 9 nitrogen and oxygen atoms in total. The minimum atomic E-state index is -0.407. The number of aromatic nitrogens is 2. The first kappa shape index (κ1) is 28.8. The Morgan fingerprint density at radius 2 is 1.44 bits per heavy atom. The summed E-state index contributed by atoms with van der Waals surface area (Å²) in [6, 6.07) is 26.7. The molecule has 2 aliphatic heterocycles. The molecule has 1 aromatic heterocycles. The number of methoxy groups -OCH3 is 3. The van der Waals surface area contributed by atoms with E-state index < -0.39 is 6.04 Å². The maximum Gasteiger partial charge on any atom is 0.203 e. The first-order valence-corrected chi connectivity index (χ1v) is 14.9. The Labute approximate surface area is 270 Å². The normalized spacial score (nSPS) is 14.9. The number of anilines is 2. The van der Waals surface area contributed by atoms with Crippen molar-refractivity contribution in [2.24, 2.45) is 9.98 Å². The molecule has 0 aliphatic carbocycles. The lowest BCUT2D eigenvalue weighted by atomic mass is 9.92. The van der Waals surface area contributed by atoms with Crippen molar-refractivity contribution in [1.29, 1.82) is 0 Å². The maximum atomic E-state index is 6.38. The second-order valence-corrected chi connectivity index (χ2v) is 11.3. The second kappa shape index (κ2) is 11.5. The van der Waals surface area contributed by atoms with Crippen molar-refractivity contribution < 1.29 is 14.2 Å². The van der Waals surface area contributed by atoms with Gasteiger partial charge in [-0.15, -0.1) is 0 Å². The van der Waals surface area contributed by atoms with Crippen LogP contribution in [0, 0.1) is 6.92 Å². The van der Waals surface area contributed by atoms with E-state index in [0.29, 0.717) is 50.5 Å². The molecular weight excluding hydrogens is 611 g/mol. The molecule has 0 amide bonds. The number of para-hydroxylation sites is 3. The molecule has 0 bridgehead atoms. The van der Waals surface area contributed by atoms with Crippen LogP contribution in [-0.4, -0.2) is 42.8 Å². The third-order valence-electron chi connectivity index (χ3n) is 7.77. The highest BCUT2D eigenvalue weighted by Crippen LogP contribution is 2.50. The lowest BCUT2D eigenvalue weighted by Gasteiger charge is -2.40. The third-order valence-corrected chi connectivity index (χ3v) is 8.20. The molecule has 1 atom stereocenters. The number of hydrogen-bond donors (Lipinski definition) is 1. The van der Waals surface area contributed by atoms with Gasteiger partial charge in [-0.3, -0.25) is 0 Å². The van der Waals surface area contributed by atoms with Gasteiger partial charge in [-0.05, 0) is 67.1 Å². The number of nitrogens with zero attached hydrogens (tertiary/aromatic N) is 5. The summed E-state index contributed by atoms with van der Waals surface area (Å²) in [5, 5.41) is 9.45. The molecule has 0 fully saturated rings. The number of rotatable bonds is 6. The average Bonchev–Trinajstić information content (AvgIpc) is 3.38. The van der Waals surface area contributed by atoms with E-state index in [2.05, 4.69) is 10.2 Å². The molecule has 3 heterocycles. The summed E-state index contributed by atoms with van der Waals surface area (Å²) in [6.45, 7) is 2.00. The summed E-state index contributed by atoms with van der Waals surface area (Å²) in [6.07, 6.45) is 0. The molecule has 0 unspecified atom stereocenters. The van der Waals surface area contributed by atoms with Crippen LogP contribution in [0.2, 0.25) is 10.0 Å². The van der Waals surface area contributed by atoms with Crippen LogP contribution in [-0.2, 0) is 0 Å². The van der Waals surface area contributed by atoms with Crippen molar-refractivity contribution in [3.63, 3.8) is 0 Å². The van der Waals surface area contributed by atoms with Crippen molar-refractivity contribution in [2.45, 2.75) is 13.0 Å². The summed E-state index contributed by atoms with van der Waals surface area (Å²) in [5.74, 6) is 3.38. The van der Waals surface area contributed by atoms with Crippen molar-refractivity contribution in [1.82, 2.24) is 9.78 Å². The molecule has 11 heteroatoms. The van der Waals surface area contributed by atoms with Gasteiger partial charge >= 0.3 is 0 Å². The number of benzene rings is 4. The van der Waals surface area contributed by atoms with E-state index in [4.69, 9.17) is 52.5 Å². The molecule has 7 rings (SSSR count). The Kier molecular flexibility index (Phi) is 7.35. The summed E-state index contributed by atoms with van der Waals surface area (Å²) in [5.41, 5.74) is 5.84. The van der Waals surface area contributed by atoms with Gasteiger partial charge in [0.25, 0.3) is 0 Å². The molecule has 0 saturated heterocycles. The van der Waals surface area contributed by atoms with Gasteiger partial charge in [-0.1, -0.05) is 53.5 Å². The van der Waals surface area contributed by atoms with E-state index in [1.165, 1.54) is 0 Å². The average molecular weight is 640 g/mol. The molecule has 226 valence electrons. The van der Waals surface area contributed by atoms with E-state index in [9.17, 15) is 0 Å². The highest BCUT2D eigenvalue weighted by atomic mass is 35.5. The van der Waals surface area contributed by atoms with Gasteiger partial charge < -0.3 is 24.4 Å². The standard InChI is InChI=1S/C34H28Cl2N6O3/c1-19-29-30(20-14-27(43-2)31(45-4)28(15-20)44-3)41-26-13-9-8-12-25(26)38-32(37-23-17-21(35)16-22(36)18-23)34(41)39-33(29)42(40-19)24-10-6-5-7-11-24/h5-18,30H,1-4H3,(H,37,38)/t30-/m0/s1. The fourth-order valence-corrected chi connectivity index (χ4v) is 6.41. The lowest BCUT2D eigenvalue weighted by Crippen LogP contribution is -2.46. The van der Waals surface area contributed by atoms with Gasteiger partial charge in [0.1, 0.15) is 0 Å². The zero-order valence-corrected chi connectivity index (χ0v) is 26.4. The topological polar surface area (TPSA) is 85.5 Å². The zero-order chi connectivity index (χ0) is 31.2. The molecule has 2 aliphatic rings. The fourth-order valence-electron chi connectivity index (χ4n) is 5.88. The van der Waals surface area contributed by atoms with Gasteiger partial charge in [0.05, 0.1) is 50.1 Å². The Morgan fingerprint density at radius 1 is 0.778 bits per heavy atom. The fraction of sp³-hybridized carbons (Fsp3) is 0.147. The lowest BCUT2D eigenvalue weighted by molar-refractivity contribution is 0.323. The van der Waals surface area contributed by atoms with E-state index in [-0.39, 0.29) is 0 Å². The van der Waals surface area contributed by atoms with Gasteiger partial charge in [0.2, 0.25) is 5.75 Å². The van der Waals surface area contributed by atoms with Gasteiger partial charge in [0, 0.05) is 21.3 Å². The Bertz CT molecular complexity index is 1960. The molecule has 5 aromatic rings. The third kappa shape index (κ3) is 4.94. The predicted molar refractivity (Wildman–Crippen MR) is 179 cm³/mol. The van der Waals surface area contributed by atoms with Crippen LogP contribution >= 0.6 is 23.2 Å². The first-order valence-electron chi connectivity index (χ1n) is 14.1. The number of fused-ring (bicyclic) bond motifs is 4. The molecule has 0 radical (unpaired) electrons. The minimum Gasteiger partial charge on any atom is -0.493 e. The maximum absolute atomic E-state index is 6.38. The van der Waals surface area contributed by atoms with Gasteiger partial charge in [0.15, 0.2) is 29.0 Å².